The predicted molar refractivity (Wildman–Crippen MR) is 98.9 cm³/mol. The van der Waals surface area contributed by atoms with Gasteiger partial charge in [-0.25, -0.2) is 4.79 Å². The topological polar surface area (TPSA) is 54.3 Å². The molecule has 0 bridgehead atoms. The van der Waals surface area contributed by atoms with Crippen molar-refractivity contribution in [2.24, 2.45) is 0 Å². The van der Waals surface area contributed by atoms with Crippen molar-refractivity contribution in [3.05, 3.63) is 63.8 Å². The monoisotopic (exact) mass is 395 g/mol. The van der Waals surface area contributed by atoms with Crippen molar-refractivity contribution in [1.82, 2.24) is 9.88 Å². The molecule has 2 amide bonds. The molecule has 25 heavy (non-hydrogen) atoms. The number of likely N-dealkylation sites (N-methyl/N-ethyl adjacent to an activating group) is 1. The Balaban J connectivity index is 1.96. The highest BCUT2D eigenvalue weighted by Crippen LogP contribution is 2.48. The van der Waals surface area contributed by atoms with Crippen LogP contribution in [0, 0.1) is 6.92 Å². The van der Waals surface area contributed by atoms with Crippen LogP contribution in [0.4, 0.5) is 10.5 Å². The molecule has 1 N–H and O–H groups in total. The first-order chi connectivity index (χ1) is 11.9. The quantitative estimate of drug-likeness (QED) is 0.633. The molecule has 3 aromatic rings. The number of halogens is 1. The maximum absolute atomic E-state index is 13.3. The smallest absolute Gasteiger partial charge is 0.315 e. The molecule has 2 aliphatic heterocycles. The van der Waals surface area contributed by atoms with E-state index in [4.69, 9.17) is 0 Å². The zero-order chi connectivity index (χ0) is 17.5. The molecule has 5 rings (SSSR count). The molecule has 1 aromatic heterocycles. The number of aromatic nitrogens is 1. The Bertz CT molecular complexity index is 1120. The number of aryl methyl sites for hydroxylation is 1. The molecule has 0 fully saturated rings. The van der Waals surface area contributed by atoms with Gasteiger partial charge in [-0.05, 0) is 31.2 Å². The van der Waals surface area contributed by atoms with Gasteiger partial charge in [0.25, 0.3) is 5.91 Å². The van der Waals surface area contributed by atoms with E-state index in [2.05, 4.69) is 21.2 Å². The Hall–Kier alpha value is -2.60. The van der Waals surface area contributed by atoms with Gasteiger partial charge in [0.15, 0.2) is 5.54 Å². The summed E-state index contributed by atoms with van der Waals surface area (Å²) in [7, 11) is 1.75. The highest BCUT2D eigenvalue weighted by atomic mass is 79.9. The molecule has 0 saturated heterocycles. The lowest BCUT2D eigenvalue weighted by molar-refractivity contribution is -0.122. The van der Waals surface area contributed by atoms with E-state index in [9.17, 15) is 9.59 Å². The van der Waals surface area contributed by atoms with Crippen LogP contribution in [0.15, 0.2) is 46.9 Å². The molecular weight excluding hydrogens is 382 g/mol. The normalized spacial score (nSPS) is 21.2. The molecule has 3 heterocycles. The van der Waals surface area contributed by atoms with Gasteiger partial charge < -0.3 is 10.2 Å². The highest BCUT2D eigenvalue weighted by Gasteiger charge is 2.55. The van der Waals surface area contributed by atoms with E-state index in [0.717, 1.165) is 37.9 Å². The number of rotatable bonds is 0. The number of anilines is 1. The number of nitrogens with zero attached hydrogens (tertiary/aromatic N) is 2. The zero-order valence-electron chi connectivity index (χ0n) is 13.6. The first kappa shape index (κ1) is 14.7. The number of amides is 2. The number of benzene rings is 2. The Morgan fingerprint density at radius 3 is 2.68 bits per heavy atom. The maximum Gasteiger partial charge on any atom is 0.327 e. The van der Waals surface area contributed by atoms with Crippen LogP contribution in [0.25, 0.3) is 10.9 Å². The van der Waals surface area contributed by atoms with Crippen LogP contribution in [0.3, 0.4) is 0 Å². The van der Waals surface area contributed by atoms with Gasteiger partial charge in [0.1, 0.15) is 0 Å². The number of carbonyl (C=O) groups is 2. The van der Waals surface area contributed by atoms with E-state index < -0.39 is 5.54 Å². The number of hydrogen-bond donors (Lipinski definition) is 1. The van der Waals surface area contributed by atoms with Crippen molar-refractivity contribution in [3.8, 4) is 0 Å². The zero-order valence-corrected chi connectivity index (χ0v) is 15.2. The lowest BCUT2D eigenvalue weighted by Gasteiger charge is -2.35. The lowest BCUT2D eigenvalue weighted by Crippen LogP contribution is -2.57. The first-order valence-corrected chi connectivity index (χ1v) is 8.76. The summed E-state index contributed by atoms with van der Waals surface area (Å²) in [6.07, 6.45) is 0. The molecule has 2 aliphatic rings. The van der Waals surface area contributed by atoms with Crippen molar-refractivity contribution in [2.45, 2.75) is 12.5 Å². The minimum Gasteiger partial charge on any atom is -0.315 e. The lowest BCUT2D eigenvalue weighted by atomic mass is 9.82. The van der Waals surface area contributed by atoms with Gasteiger partial charge >= 0.3 is 6.03 Å². The summed E-state index contributed by atoms with van der Waals surface area (Å²) < 4.78 is 2.52. The second kappa shape index (κ2) is 4.52. The first-order valence-electron chi connectivity index (χ1n) is 7.97. The fourth-order valence-corrected chi connectivity index (χ4v) is 4.56. The third-order valence-corrected chi connectivity index (χ3v) is 5.75. The van der Waals surface area contributed by atoms with Crippen LogP contribution in [-0.4, -0.2) is 23.6 Å². The van der Waals surface area contributed by atoms with Gasteiger partial charge in [0.05, 0.1) is 5.52 Å². The van der Waals surface area contributed by atoms with Gasteiger partial charge in [-0.2, -0.15) is 0 Å². The fraction of sp³-hybridized carbons (Fsp3) is 0.158. The molecule has 124 valence electrons. The van der Waals surface area contributed by atoms with Crippen LogP contribution >= 0.6 is 15.9 Å². The Labute approximate surface area is 152 Å². The van der Waals surface area contributed by atoms with Crippen LogP contribution in [0.5, 0.6) is 0 Å². The van der Waals surface area contributed by atoms with Crippen molar-refractivity contribution < 1.29 is 9.59 Å². The van der Waals surface area contributed by atoms with Crippen LogP contribution < -0.4 is 10.2 Å². The molecule has 0 saturated carbocycles. The average Bonchev–Trinajstić information content (AvgIpc) is 3.02. The molecule has 1 atom stereocenters. The molecule has 6 heteroatoms. The van der Waals surface area contributed by atoms with Gasteiger partial charge in [-0.3, -0.25) is 9.36 Å². The largest absolute Gasteiger partial charge is 0.327 e. The number of hydrogen-bond acceptors (Lipinski definition) is 2. The SMILES string of the molecule is Cc1cc2cccc3c2n1C(=O)NC31C(=O)N(C)c2ccc(Br)cc21. The van der Waals surface area contributed by atoms with Gasteiger partial charge in [0.2, 0.25) is 0 Å². The molecule has 2 aromatic carbocycles. The van der Waals surface area contributed by atoms with Gasteiger partial charge in [-0.1, -0.05) is 34.1 Å². The summed E-state index contributed by atoms with van der Waals surface area (Å²) in [5.41, 5.74) is 2.88. The van der Waals surface area contributed by atoms with E-state index in [1.54, 1.807) is 16.5 Å². The average molecular weight is 396 g/mol. The molecule has 1 unspecified atom stereocenters. The molecule has 0 aliphatic carbocycles. The summed E-state index contributed by atoms with van der Waals surface area (Å²) in [6, 6.07) is 13.3. The number of para-hydroxylation sites is 1. The highest BCUT2D eigenvalue weighted by molar-refractivity contribution is 9.10. The molecule has 0 radical (unpaired) electrons. The van der Waals surface area contributed by atoms with E-state index in [1.807, 2.05) is 49.4 Å². The third kappa shape index (κ3) is 1.58. The van der Waals surface area contributed by atoms with E-state index >= 15 is 0 Å². The summed E-state index contributed by atoms with van der Waals surface area (Å²) in [5, 5.41) is 3.97. The minimum atomic E-state index is -1.19. The molecule has 1 spiro atoms. The maximum atomic E-state index is 13.3. The van der Waals surface area contributed by atoms with E-state index in [0.29, 0.717) is 0 Å². The van der Waals surface area contributed by atoms with Gasteiger partial charge in [-0.15, -0.1) is 0 Å². The molecular formula is C19H14BrN3O2. The van der Waals surface area contributed by atoms with Crippen molar-refractivity contribution >= 4 is 44.5 Å². The summed E-state index contributed by atoms with van der Waals surface area (Å²) >= 11 is 3.49. The second-order valence-electron chi connectivity index (χ2n) is 6.57. The molecule has 5 nitrogen and oxygen atoms in total. The van der Waals surface area contributed by atoms with E-state index in [-0.39, 0.29) is 11.9 Å². The Morgan fingerprint density at radius 2 is 1.88 bits per heavy atom. The van der Waals surface area contributed by atoms with Crippen LogP contribution in [0.1, 0.15) is 16.8 Å². The minimum absolute atomic E-state index is 0.147. The Kier molecular flexibility index (Phi) is 2.66. The van der Waals surface area contributed by atoms with E-state index in [1.165, 1.54) is 0 Å². The summed E-state index contributed by atoms with van der Waals surface area (Å²) in [6.45, 7) is 1.90. The third-order valence-electron chi connectivity index (χ3n) is 5.26. The number of carbonyl (C=O) groups excluding carboxylic acids is 2. The number of nitrogens with one attached hydrogen (secondary N) is 1. The fourth-order valence-electron chi connectivity index (χ4n) is 4.20. The Morgan fingerprint density at radius 1 is 1.08 bits per heavy atom. The second-order valence-corrected chi connectivity index (χ2v) is 7.49. The standard InChI is InChI=1S/C19H14BrN3O2/c1-10-8-11-4-3-5-13-16(11)23(10)18(25)21-19(13)14-9-12(20)6-7-15(14)22(2)17(19)24/h3-9H,1-2H3,(H,21,25). The van der Waals surface area contributed by atoms with Gasteiger partial charge in [0, 0.05) is 39.4 Å². The van der Waals surface area contributed by atoms with Crippen molar-refractivity contribution in [1.29, 1.82) is 0 Å². The summed E-state index contributed by atoms with van der Waals surface area (Å²) in [4.78, 5) is 27.9. The number of fused-ring (bicyclic) bond motifs is 3. The van der Waals surface area contributed by atoms with Crippen molar-refractivity contribution in [3.63, 3.8) is 0 Å². The van der Waals surface area contributed by atoms with Crippen LogP contribution in [-0.2, 0) is 10.3 Å². The predicted octanol–water partition coefficient (Wildman–Crippen LogP) is 3.50. The van der Waals surface area contributed by atoms with Crippen LogP contribution in [0.2, 0.25) is 0 Å². The summed E-state index contributed by atoms with van der Waals surface area (Å²) in [5.74, 6) is -0.147. The van der Waals surface area contributed by atoms with Crippen molar-refractivity contribution in [2.75, 3.05) is 11.9 Å².